The van der Waals surface area contributed by atoms with E-state index in [-0.39, 0.29) is 17.3 Å². The molecule has 0 bridgehead atoms. The number of rotatable bonds is 6. The second kappa shape index (κ2) is 9.10. The molecule has 0 radical (unpaired) electrons. The number of pyridine rings is 1. The largest absolute Gasteiger partial charge is 0.438 e. The molecule has 0 atom stereocenters. The Morgan fingerprint density at radius 2 is 1.93 bits per heavy atom. The van der Waals surface area contributed by atoms with E-state index in [0.29, 0.717) is 22.3 Å². The third-order valence-corrected chi connectivity index (χ3v) is 5.34. The van der Waals surface area contributed by atoms with Gasteiger partial charge < -0.3 is 4.74 Å². The van der Waals surface area contributed by atoms with E-state index in [4.69, 9.17) is 4.74 Å². The molecule has 9 heteroatoms. The number of aromatic nitrogens is 3. The predicted octanol–water partition coefficient (Wildman–Crippen LogP) is 5.47. The van der Waals surface area contributed by atoms with Gasteiger partial charge in [-0.05, 0) is 54.1 Å². The highest BCUT2D eigenvalue weighted by Gasteiger charge is 2.17. The van der Waals surface area contributed by atoms with Crippen molar-refractivity contribution in [1.29, 1.82) is 0 Å². The topological polar surface area (TPSA) is 77.0 Å². The van der Waals surface area contributed by atoms with Crippen LogP contribution < -0.4 is 10.1 Å². The van der Waals surface area contributed by atoms with Crippen LogP contribution in [0.25, 0.3) is 0 Å². The van der Waals surface area contributed by atoms with E-state index in [2.05, 4.69) is 36.4 Å². The van der Waals surface area contributed by atoms with Gasteiger partial charge in [0.1, 0.15) is 22.1 Å². The molecule has 0 spiro atoms. The number of benzene rings is 2. The first-order chi connectivity index (χ1) is 14.6. The van der Waals surface area contributed by atoms with E-state index in [9.17, 15) is 9.18 Å². The van der Waals surface area contributed by atoms with E-state index in [1.165, 1.54) is 23.5 Å². The zero-order valence-electron chi connectivity index (χ0n) is 15.4. The minimum Gasteiger partial charge on any atom is -0.438 e. The molecule has 0 aliphatic heterocycles. The second-order valence-electron chi connectivity index (χ2n) is 6.17. The number of hydrogen-bond donors (Lipinski definition) is 1. The molecule has 0 fully saturated rings. The summed E-state index contributed by atoms with van der Waals surface area (Å²) in [6, 6.07) is 16.8. The molecular formula is C21H14BrFN4O2S. The molecule has 4 rings (SSSR count). The number of anilines is 1. The summed E-state index contributed by atoms with van der Waals surface area (Å²) >= 11 is 4.59. The molecule has 2 heterocycles. The average molecular weight is 485 g/mol. The Hall–Kier alpha value is -3.17. The highest BCUT2D eigenvalue weighted by Crippen LogP contribution is 2.26. The minimum absolute atomic E-state index is 0.182. The lowest BCUT2D eigenvalue weighted by molar-refractivity contribution is 0.102. The van der Waals surface area contributed by atoms with Crippen LogP contribution in [0.5, 0.6) is 11.6 Å². The maximum absolute atomic E-state index is 13.3. The van der Waals surface area contributed by atoms with Crippen molar-refractivity contribution in [2.24, 2.45) is 0 Å². The van der Waals surface area contributed by atoms with Crippen LogP contribution in [-0.2, 0) is 6.42 Å². The zero-order chi connectivity index (χ0) is 20.9. The maximum atomic E-state index is 13.3. The van der Waals surface area contributed by atoms with E-state index >= 15 is 0 Å². The van der Waals surface area contributed by atoms with Crippen molar-refractivity contribution in [3.8, 4) is 11.6 Å². The zero-order valence-corrected chi connectivity index (χ0v) is 17.8. The van der Waals surface area contributed by atoms with Gasteiger partial charge in [-0.25, -0.2) is 9.37 Å². The summed E-state index contributed by atoms with van der Waals surface area (Å²) in [5, 5.41) is 11.8. The number of nitrogens with zero attached hydrogens (tertiary/aromatic N) is 3. The highest BCUT2D eigenvalue weighted by molar-refractivity contribution is 9.10. The van der Waals surface area contributed by atoms with Gasteiger partial charge in [-0.2, -0.15) is 0 Å². The normalized spacial score (nSPS) is 10.6. The summed E-state index contributed by atoms with van der Waals surface area (Å²) in [7, 11) is 0. The lowest BCUT2D eigenvalue weighted by Crippen LogP contribution is -2.13. The van der Waals surface area contributed by atoms with Gasteiger partial charge in [0.25, 0.3) is 5.91 Å². The van der Waals surface area contributed by atoms with Crippen LogP contribution in [0.15, 0.2) is 71.3 Å². The molecule has 2 aromatic carbocycles. The fourth-order valence-electron chi connectivity index (χ4n) is 2.62. The molecule has 1 N–H and O–H groups in total. The van der Waals surface area contributed by atoms with E-state index in [1.54, 1.807) is 36.5 Å². The van der Waals surface area contributed by atoms with Crippen LogP contribution in [0.1, 0.15) is 20.9 Å². The number of hydrogen-bond acceptors (Lipinski definition) is 6. The van der Waals surface area contributed by atoms with E-state index in [0.717, 1.165) is 10.0 Å². The fraction of sp³-hybridized carbons (Fsp3) is 0.0476. The summed E-state index contributed by atoms with van der Waals surface area (Å²) in [6.45, 7) is 0. The molecule has 1 amide bonds. The van der Waals surface area contributed by atoms with E-state index < -0.39 is 5.91 Å². The number of carbonyl (C=O) groups is 1. The van der Waals surface area contributed by atoms with Crippen LogP contribution in [0.3, 0.4) is 0 Å². The molecule has 0 saturated carbocycles. The monoisotopic (exact) mass is 484 g/mol. The van der Waals surface area contributed by atoms with Gasteiger partial charge in [-0.15, -0.1) is 10.2 Å². The van der Waals surface area contributed by atoms with Gasteiger partial charge in [0.15, 0.2) is 0 Å². The Morgan fingerprint density at radius 1 is 1.10 bits per heavy atom. The van der Waals surface area contributed by atoms with Gasteiger partial charge in [0, 0.05) is 17.1 Å². The average Bonchev–Trinajstić information content (AvgIpc) is 3.16. The SMILES string of the molecule is O=C(Nc1nnc(Cc2cccc(F)c2)s1)c1cccnc1Oc1ccc(Br)cc1. The van der Waals surface area contributed by atoms with Crippen LogP contribution in [0, 0.1) is 5.82 Å². The summed E-state index contributed by atoms with van der Waals surface area (Å²) < 4.78 is 20.0. The fourth-order valence-corrected chi connectivity index (χ4v) is 3.65. The van der Waals surface area contributed by atoms with Gasteiger partial charge in [-0.1, -0.05) is 39.4 Å². The van der Waals surface area contributed by atoms with Crippen molar-refractivity contribution in [3.63, 3.8) is 0 Å². The standard InChI is InChI=1S/C21H14BrFN4O2S/c22-14-6-8-16(9-7-14)29-20-17(5-2-10-24-20)19(28)25-21-27-26-18(30-21)12-13-3-1-4-15(23)11-13/h1-11H,12H2,(H,25,27,28). The first-order valence-corrected chi connectivity index (χ1v) is 10.4. The lowest BCUT2D eigenvalue weighted by Gasteiger charge is -2.09. The molecular weight excluding hydrogens is 471 g/mol. The summed E-state index contributed by atoms with van der Waals surface area (Å²) in [5.74, 6) is 0.0187. The highest BCUT2D eigenvalue weighted by atomic mass is 79.9. The minimum atomic E-state index is -0.413. The van der Waals surface area contributed by atoms with Gasteiger partial charge in [0.2, 0.25) is 11.0 Å². The molecule has 4 aromatic rings. The van der Waals surface area contributed by atoms with Crippen LogP contribution >= 0.6 is 27.3 Å². The molecule has 6 nitrogen and oxygen atoms in total. The first kappa shape index (κ1) is 20.1. The third-order valence-electron chi connectivity index (χ3n) is 3.98. The van der Waals surface area contributed by atoms with Crippen molar-refractivity contribution in [2.75, 3.05) is 5.32 Å². The number of amides is 1. The van der Waals surface area contributed by atoms with Gasteiger partial charge in [0.05, 0.1) is 0 Å². The quantitative estimate of drug-likeness (QED) is 0.392. The predicted molar refractivity (Wildman–Crippen MR) is 116 cm³/mol. The number of carbonyl (C=O) groups excluding carboxylic acids is 1. The van der Waals surface area contributed by atoms with Crippen molar-refractivity contribution in [1.82, 2.24) is 15.2 Å². The van der Waals surface area contributed by atoms with Gasteiger partial charge in [-0.3, -0.25) is 10.1 Å². The molecule has 30 heavy (non-hydrogen) atoms. The first-order valence-electron chi connectivity index (χ1n) is 8.83. The van der Waals surface area contributed by atoms with Crippen molar-refractivity contribution < 1.29 is 13.9 Å². The third kappa shape index (κ3) is 5.05. The number of nitrogens with one attached hydrogen (secondary N) is 1. The molecule has 2 aromatic heterocycles. The van der Waals surface area contributed by atoms with Crippen LogP contribution in [0.4, 0.5) is 9.52 Å². The molecule has 0 aliphatic carbocycles. The Morgan fingerprint density at radius 3 is 2.73 bits per heavy atom. The van der Waals surface area contributed by atoms with Crippen LogP contribution in [-0.4, -0.2) is 21.1 Å². The Labute approximate surface area is 183 Å². The van der Waals surface area contributed by atoms with Crippen molar-refractivity contribution >= 4 is 38.3 Å². The van der Waals surface area contributed by atoms with Crippen molar-refractivity contribution in [3.05, 3.63) is 93.3 Å². The van der Waals surface area contributed by atoms with Crippen molar-refractivity contribution in [2.45, 2.75) is 6.42 Å². The second-order valence-corrected chi connectivity index (χ2v) is 8.15. The molecule has 150 valence electrons. The molecule has 0 aliphatic rings. The number of halogens is 2. The van der Waals surface area contributed by atoms with Gasteiger partial charge >= 0.3 is 0 Å². The lowest BCUT2D eigenvalue weighted by atomic mass is 10.1. The van der Waals surface area contributed by atoms with E-state index in [1.807, 2.05) is 18.2 Å². The van der Waals surface area contributed by atoms with Crippen LogP contribution in [0.2, 0.25) is 0 Å². The molecule has 0 saturated heterocycles. The molecule has 0 unspecified atom stereocenters. The summed E-state index contributed by atoms with van der Waals surface area (Å²) in [5.41, 5.74) is 1.05. The Bertz CT molecular complexity index is 1180. The summed E-state index contributed by atoms with van der Waals surface area (Å²) in [6.07, 6.45) is 1.98. The smallest absolute Gasteiger partial charge is 0.262 e. The maximum Gasteiger partial charge on any atom is 0.262 e. The summed E-state index contributed by atoms with van der Waals surface area (Å²) in [4.78, 5) is 16.9. The Kier molecular flexibility index (Phi) is 6.10. The number of ether oxygens (including phenoxy) is 1. The Balaban J connectivity index is 1.47.